The Balaban J connectivity index is 2.59. The molecule has 1 heterocycles. The van der Waals surface area contributed by atoms with E-state index in [9.17, 15) is 0 Å². The highest BCUT2D eigenvalue weighted by atomic mass is 16.3. The van der Waals surface area contributed by atoms with E-state index in [1.165, 1.54) is 0 Å². The molecule has 0 aliphatic carbocycles. The molecular weight excluding hydrogens is 188 g/mol. The summed E-state index contributed by atoms with van der Waals surface area (Å²) < 4.78 is 0. The highest BCUT2D eigenvalue weighted by Crippen LogP contribution is 2.18. The monoisotopic (exact) mass is 214 g/mol. The lowest BCUT2D eigenvalue weighted by atomic mass is 10.0. The minimum atomic E-state index is 0.305. The smallest absolute Gasteiger partial charge is 0.0446 e. The van der Waals surface area contributed by atoms with Gasteiger partial charge in [0.1, 0.15) is 0 Å². The van der Waals surface area contributed by atoms with E-state index in [-0.39, 0.29) is 0 Å². The molecule has 1 aliphatic heterocycles. The zero-order valence-corrected chi connectivity index (χ0v) is 10.6. The number of aliphatic hydroxyl groups excluding tert-OH is 1. The molecule has 0 aromatic heterocycles. The van der Waals surface area contributed by atoms with Crippen molar-refractivity contribution >= 4 is 0 Å². The van der Waals surface area contributed by atoms with Gasteiger partial charge in [-0.05, 0) is 26.3 Å². The summed E-state index contributed by atoms with van der Waals surface area (Å²) in [5, 5.41) is 9.10. The molecule has 15 heavy (non-hydrogen) atoms. The van der Waals surface area contributed by atoms with Gasteiger partial charge in [0.15, 0.2) is 0 Å². The summed E-state index contributed by atoms with van der Waals surface area (Å²) >= 11 is 0. The average molecular weight is 214 g/mol. The Bertz CT molecular complexity index is 184. The van der Waals surface area contributed by atoms with Crippen molar-refractivity contribution in [1.82, 2.24) is 9.80 Å². The third-order valence-corrected chi connectivity index (χ3v) is 3.17. The van der Waals surface area contributed by atoms with Crippen molar-refractivity contribution in [2.24, 2.45) is 5.92 Å². The molecule has 0 aromatic carbocycles. The van der Waals surface area contributed by atoms with E-state index in [0.29, 0.717) is 24.6 Å². The SMILES string of the molecule is CC(C)CN1C(C)CN(C)CC1CCO. The minimum absolute atomic E-state index is 0.305. The second-order valence-corrected chi connectivity index (χ2v) is 5.33. The van der Waals surface area contributed by atoms with Gasteiger partial charge in [0.25, 0.3) is 0 Å². The number of likely N-dealkylation sites (N-methyl/N-ethyl adjacent to an activating group) is 1. The topological polar surface area (TPSA) is 26.7 Å². The van der Waals surface area contributed by atoms with Gasteiger partial charge in [-0.2, -0.15) is 0 Å². The number of nitrogens with zero attached hydrogens (tertiary/aromatic N) is 2. The third-order valence-electron chi connectivity index (χ3n) is 3.17. The molecule has 0 amide bonds. The summed E-state index contributed by atoms with van der Waals surface area (Å²) in [6.45, 7) is 10.5. The van der Waals surface area contributed by atoms with Crippen LogP contribution in [0.1, 0.15) is 27.2 Å². The largest absolute Gasteiger partial charge is 0.396 e. The van der Waals surface area contributed by atoms with Gasteiger partial charge >= 0.3 is 0 Å². The second-order valence-electron chi connectivity index (χ2n) is 5.33. The molecular formula is C12H26N2O. The van der Waals surface area contributed by atoms with E-state index in [2.05, 4.69) is 37.6 Å². The Morgan fingerprint density at radius 3 is 2.53 bits per heavy atom. The Morgan fingerprint density at radius 1 is 1.33 bits per heavy atom. The first-order chi connectivity index (χ1) is 7.04. The first-order valence-electron chi connectivity index (χ1n) is 6.09. The molecule has 3 nitrogen and oxygen atoms in total. The van der Waals surface area contributed by atoms with Gasteiger partial charge in [0, 0.05) is 38.3 Å². The molecule has 1 saturated heterocycles. The maximum Gasteiger partial charge on any atom is 0.0446 e. The van der Waals surface area contributed by atoms with Gasteiger partial charge in [-0.15, -0.1) is 0 Å². The van der Waals surface area contributed by atoms with Crippen molar-refractivity contribution in [3.8, 4) is 0 Å². The molecule has 0 spiro atoms. The Labute approximate surface area is 94.1 Å². The normalized spacial score (nSPS) is 30.0. The second kappa shape index (κ2) is 5.83. The van der Waals surface area contributed by atoms with E-state index in [4.69, 9.17) is 5.11 Å². The van der Waals surface area contributed by atoms with Crippen LogP contribution in [0.25, 0.3) is 0 Å². The van der Waals surface area contributed by atoms with Crippen LogP contribution < -0.4 is 0 Å². The lowest BCUT2D eigenvalue weighted by molar-refractivity contribution is 0.0230. The summed E-state index contributed by atoms with van der Waals surface area (Å²) in [7, 11) is 2.17. The Hall–Kier alpha value is -0.120. The fraction of sp³-hybridized carbons (Fsp3) is 1.00. The standard InChI is InChI=1S/C12H26N2O/c1-10(2)7-14-11(3)8-13(4)9-12(14)5-6-15/h10-12,15H,5-9H2,1-4H3. The van der Waals surface area contributed by atoms with Gasteiger partial charge in [-0.25, -0.2) is 0 Å². The Morgan fingerprint density at radius 2 is 2.00 bits per heavy atom. The molecule has 0 bridgehead atoms. The average Bonchev–Trinajstić information content (AvgIpc) is 2.11. The predicted molar refractivity (Wildman–Crippen MR) is 64.0 cm³/mol. The quantitative estimate of drug-likeness (QED) is 0.757. The van der Waals surface area contributed by atoms with Crippen molar-refractivity contribution in [2.75, 3.05) is 33.3 Å². The van der Waals surface area contributed by atoms with Crippen LogP contribution in [-0.4, -0.2) is 60.3 Å². The molecule has 0 radical (unpaired) electrons. The van der Waals surface area contributed by atoms with Crippen LogP contribution >= 0.6 is 0 Å². The van der Waals surface area contributed by atoms with E-state index < -0.39 is 0 Å². The maximum absolute atomic E-state index is 9.10. The van der Waals surface area contributed by atoms with Crippen molar-refractivity contribution < 1.29 is 5.11 Å². The van der Waals surface area contributed by atoms with Gasteiger partial charge in [0.2, 0.25) is 0 Å². The molecule has 2 unspecified atom stereocenters. The van der Waals surface area contributed by atoms with E-state index in [0.717, 1.165) is 26.1 Å². The number of hydrogen-bond acceptors (Lipinski definition) is 3. The molecule has 0 saturated carbocycles. The molecule has 90 valence electrons. The summed E-state index contributed by atoms with van der Waals surface area (Å²) in [6, 6.07) is 1.15. The summed E-state index contributed by atoms with van der Waals surface area (Å²) in [6.07, 6.45) is 0.904. The first-order valence-corrected chi connectivity index (χ1v) is 6.09. The first kappa shape index (κ1) is 12.9. The van der Waals surface area contributed by atoms with Crippen LogP contribution in [0.4, 0.5) is 0 Å². The molecule has 3 heteroatoms. The van der Waals surface area contributed by atoms with Crippen molar-refractivity contribution in [3.63, 3.8) is 0 Å². The fourth-order valence-electron chi connectivity index (χ4n) is 2.61. The minimum Gasteiger partial charge on any atom is -0.396 e. The number of aliphatic hydroxyl groups is 1. The van der Waals surface area contributed by atoms with Crippen LogP contribution in [0.15, 0.2) is 0 Å². The summed E-state index contributed by atoms with van der Waals surface area (Å²) in [5.74, 6) is 0.706. The van der Waals surface area contributed by atoms with Crippen LogP contribution in [0, 0.1) is 5.92 Å². The predicted octanol–water partition coefficient (Wildman–Crippen LogP) is 1.03. The summed E-state index contributed by atoms with van der Waals surface area (Å²) in [4.78, 5) is 4.95. The molecule has 1 fully saturated rings. The van der Waals surface area contributed by atoms with E-state index in [1.807, 2.05) is 0 Å². The van der Waals surface area contributed by atoms with Crippen LogP contribution in [0.2, 0.25) is 0 Å². The summed E-state index contributed by atoms with van der Waals surface area (Å²) in [5.41, 5.74) is 0. The van der Waals surface area contributed by atoms with Crippen LogP contribution in [0.5, 0.6) is 0 Å². The number of hydrogen-bond donors (Lipinski definition) is 1. The third kappa shape index (κ3) is 3.74. The molecule has 1 aliphatic rings. The van der Waals surface area contributed by atoms with Crippen molar-refractivity contribution in [1.29, 1.82) is 0 Å². The van der Waals surface area contributed by atoms with Crippen molar-refractivity contribution in [3.05, 3.63) is 0 Å². The molecule has 2 atom stereocenters. The highest BCUT2D eigenvalue weighted by Gasteiger charge is 2.30. The zero-order valence-electron chi connectivity index (χ0n) is 10.6. The highest BCUT2D eigenvalue weighted by molar-refractivity contribution is 4.86. The van der Waals surface area contributed by atoms with Gasteiger partial charge in [-0.3, -0.25) is 4.90 Å². The molecule has 1 N–H and O–H groups in total. The lowest BCUT2D eigenvalue weighted by Gasteiger charge is -2.45. The van der Waals surface area contributed by atoms with Crippen LogP contribution in [0.3, 0.4) is 0 Å². The van der Waals surface area contributed by atoms with Crippen molar-refractivity contribution in [2.45, 2.75) is 39.3 Å². The van der Waals surface area contributed by atoms with Gasteiger partial charge in [-0.1, -0.05) is 13.8 Å². The number of piperazine rings is 1. The molecule has 1 rings (SSSR count). The fourth-order valence-corrected chi connectivity index (χ4v) is 2.61. The molecule has 0 aromatic rings. The lowest BCUT2D eigenvalue weighted by Crippen LogP contribution is -2.57. The van der Waals surface area contributed by atoms with E-state index in [1.54, 1.807) is 0 Å². The Kier molecular flexibility index (Phi) is 5.03. The zero-order chi connectivity index (χ0) is 11.4. The number of rotatable bonds is 4. The van der Waals surface area contributed by atoms with E-state index >= 15 is 0 Å². The maximum atomic E-state index is 9.10. The van der Waals surface area contributed by atoms with Gasteiger partial charge in [0.05, 0.1) is 0 Å². The van der Waals surface area contributed by atoms with Gasteiger partial charge < -0.3 is 10.0 Å². The van der Waals surface area contributed by atoms with Crippen LogP contribution in [-0.2, 0) is 0 Å².